The molecule has 1 aliphatic rings. The first-order chi connectivity index (χ1) is 16.1. The van der Waals surface area contributed by atoms with E-state index < -0.39 is 0 Å². The number of ether oxygens (including phenoxy) is 2. The topological polar surface area (TPSA) is 79.5 Å². The summed E-state index contributed by atoms with van der Waals surface area (Å²) < 4.78 is 11.3. The molecule has 0 bridgehead atoms. The van der Waals surface area contributed by atoms with Crippen LogP contribution in [0.5, 0.6) is 11.5 Å². The largest absolute Gasteiger partial charge is 0.490 e. The van der Waals surface area contributed by atoms with Gasteiger partial charge in [0.25, 0.3) is 0 Å². The van der Waals surface area contributed by atoms with E-state index >= 15 is 0 Å². The Morgan fingerprint density at radius 2 is 2.00 bits per heavy atom. The normalized spacial score (nSPS) is 16.1. The molecule has 176 valence electrons. The molecule has 1 fully saturated rings. The van der Waals surface area contributed by atoms with Crippen molar-refractivity contribution in [3.05, 3.63) is 47.0 Å². The number of amides is 1. The molecule has 1 aromatic heterocycles. The second-order valence-electron chi connectivity index (χ2n) is 8.20. The lowest BCUT2D eigenvalue weighted by atomic mass is 9.97. The number of anilines is 1. The predicted molar refractivity (Wildman–Crippen MR) is 132 cm³/mol. The number of fused-ring (bicyclic) bond motifs is 1. The summed E-state index contributed by atoms with van der Waals surface area (Å²) in [5.41, 5.74) is 2.89. The highest BCUT2D eigenvalue weighted by atomic mass is 35.5. The number of benzene rings is 2. The molecule has 0 radical (unpaired) electrons. The Morgan fingerprint density at radius 1 is 1.18 bits per heavy atom. The van der Waals surface area contributed by atoms with Crippen molar-refractivity contribution in [2.45, 2.75) is 33.1 Å². The third-order valence-corrected chi connectivity index (χ3v) is 6.08. The van der Waals surface area contributed by atoms with Gasteiger partial charge in [0.15, 0.2) is 11.5 Å². The number of aromatic nitrogens is 2. The number of carbonyl (C=O) groups excluding carboxylic acids is 1. The van der Waals surface area contributed by atoms with Gasteiger partial charge in [0.2, 0.25) is 11.9 Å². The number of aromatic amines is 1. The Hall–Kier alpha value is -2.93. The average molecular weight is 471 g/mol. The molecule has 0 saturated carbocycles. The summed E-state index contributed by atoms with van der Waals surface area (Å²) in [6.07, 6.45) is 2.57. The van der Waals surface area contributed by atoms with Crippen molar-refractivity contribution in [3.63, 3.8) is 0 Å². The standard InChI is InChI=1S/C25H31ClN4O3/c1-3-32-22-10-7-17(14-23(22)33-4-2)11-12-27-24(31)18-6-5-13-30(16-18)25-28-20-9-8-19(26)15-21(20)29-25/h7-10,14-15,18H,3-6,11-13,16H2,1-2H3,(H,27,31)(H,28,29). The molecule has 8 heteroatoms. The minimum absolute atomic E-state index is 0.0603. The zero-order valence-corrected chi connectivity index (χ0v) is 20.0. The van der Waals surface area contributed by atoms with Crippen LogP contribution in [0.15, 0.2) is 36.4 Å². The Kier molecular flexibility index (Phi) is 7.60. The van der Waals surface area contributed by atoms with Crippen LogP contribution >= 0.6 is 11.6 Å². The van der Waals surface area contributed by atoms with E-state index in [9.17, 15) is 4.79 Å². The van der Waals surface area contributed by atoms with Crippen molar-refractivity contribution in [1.82, 2.24) is 15.3 Å². The number of piperidine rings is 1. The highest BCUT2D eigenvalue weighted by molar-refractivity contribution is 6.31. The number of rotatable bonds is 9. The second-order valence-corrected chi connectivity index (χ2v) is 8.63. The molecule has 2 aromatic carbocycles. The van der Waals surface area contributed by atoms with Gasteiger partial charge in [0.1, 0.15) is 0 Å². The molecular formula is C25H31ClN4O3. The lowest BCUT2D eigenvalue weighted by Gasteiger charge is -2.31. The summed E-state index contributed by atoms with van der Waals surface area (Å²) >= 11 is 6.09. The zero-order valence-electron chi connectivity index (χ0n) is 19.2. The maximum Gasteiger partial charge on any atom is 0.224 e. The average Bonchev–Trinajstić information content (AvgIpc) is 3.24. The van der Waals surface area contributed by atoms with Crippen LogP contribution in [0.2, 0.25) is 5.02 Å². The molecule has 7 nitrogen and oxygen atoms in total. The SMILES string of the molecule is CCOc1ccc(CCNC(=O)C2CCCN(c3nc4ccc(Cl)cc4[nH]3)C2)cc1OCC. The van der Waals surface area contributed by atoms with Crippen molar-refractivity contribution < 1.29 is 14.3 Å². The first-order valence-electron chi connectivity index (χ1n) is 11.6. The molecule has 2 heterocycles. The number of nitrogens with zero attached hydrogens (tertiary/aromatic N) is 2. The lowest BCUT2D eigenvalue weighted by molar-refractivity contribution is -0.125. The highest BCUT2D eigenvalue weighted by Crippen LogP contribution is 2.29. The molecule has 2 N–H and O–H groups in total. The lowest BCUT2D eigenvalue weighted by Crippen LogP contribution is -2.43. The molecule has 4 rings (SSSR count). The van der Waals surface area contributed by atoms with Crippen molar-refractivity contribution in [3.8, 4) is 11.5 Å². The number of nitrogens with one attached hydrogen (secondary N) is 2. The summed E-state index contributed by atoms with van der Waals surface area (Å²) in [7, 11) is 0. The van der Waals surface area contributed by atoms with E-state index in [2.05, 4.69) is 20.2 Å². The number of hydrogen-bond acceptors (Lipinski definition) is 5. The van der Waals surface area contributed by atoms with Gasteiger partial charge < -0.3 is 24.7 Å². The fourth-order valence-electron chi connectivity index (χ4n) is 4.23. The van der Waals surface area contributed by atoms with Crippen LogP contribution < -0.4 is 19.7 Å². The van der Waals surface area contributed by atoms with Crippen LogP contribution in [0.4, 0.5) is 5.95 Å². The summed E-state index contributed by atoms with van der Waals surface area (Å²) in [5.74, 6) is 2.33. The fraction of sp³-hybridized carbons (Fsp3) is 0.440. The first kappa shape index (κ1) is 23.2. The summed E-state index contributed by atoms with van der Waals surface area (Å²) in [4.78, 5) is 23.0. The summed E-state index contributed by atoms with van der Waals surface area (Å²) in [6, 6.07) is 11.6. The Labute approximate surface area is 199 Å². The molecule has 0 spiro atoms. The van der Waals surface area contributed by atoms with E-state index in [0.717, 1.165) is 59.9 Å². The maximum absolute atomic E-state index is 12.9. The number of hydrogen-bond donors (Lipinski definition) is 2. The minimum Gasteiger partial charge on any atom is -0.490 e. The third kappa shape index (κ3) is 5.71. The molecule has 1 atom stereocenters. The summed E-state index contributed by atoms with van der Waals surface area (Å²) in [6.45, 7) is 7.19. The van der Waals surface area contributed by atoms with Crippen molar-refractivity contribution >= 4 is 34.5 Å². The number of halogens is 1. The molecule has 3 aromatic rings. The van der Waals surface area contributed by atoms with Crippen LogP contribution in [0.1, 0.15) is 32.3 Å². The Morgan fingerprint density at radius 3 is 2.82 bits per heavy atom. The van der Waals surface area contributed by atoms with Gasteiger partial charge in [-0.3, -0.25) is 4.79 Å². The third-order valence-electron chi connectivity index (χ3n) is 5.84. The Bertz CT molecular complexity index is 1100. The van der Waals surface area contributed by atoms with Gasteiger partial charge in [-0.25, -0.2) is 4.98 Å². The number of carbonyl (C=O) groups is 1. The van der Waals surface area contributed by atoms with Crippen LogP contribution in [-0.4, -0.2) is 48.7 Å². The molecule has 1 unspecified atom stereocenters. The fourth-order valence-corrected chi connectivity index (χ4v) is 4.40. The smallest absolute Gasteiger partial charge is 0.224 e. The number of imidazole rings is 1. The quantitative estimate of drug-likeness (QED) is 0.478. The Balaban J connectivity index is 1.32. The van der Waals surface area contributed by atoms with Gasteiger partial charge in [0, 0.05) is 24.7 Å². The van der Waals surface area contributed by atoms with E-state index in [1.165, 1.54) is 0 Å². The van der Waals surface area contributed by atoms with E-state index in [1.807, 2.05) is 50.2 Å². The first-order valence-corrected chi connectivity index (χ1v) is 12.0. The molecule has 33 heavy (non-hydrogen) atoms. The molecule has 0 aliphatic carbocycles. The van der Waals surface area contributed by atoms with E-state index in [1.54, 1.807) is 0 Å². The van der Waals surface area contributed by atoms with Crippen LogP contribution in [0.3, 0.4) is 0 Å². The van der Waals surface area contributed by atoms with Crippen LogP contribution in [0, 0.1) is 5.92 Å². The van der Waals surface area contributed by atoms with Gasteiger partial charge in [-0.2, -0.15) is 0 Å². The van der Waals surface area contributed by atoms with Gasteiger partial charge >= 0.3 is 0 Å². The second kappa shape index (κ2) is 10.8. The van der Waals surface area contributed by atoms with Gasteiger partial charge in [0.05, 0.1) is 30.2 Å². The van der Waals surface area contributed by atoms with Crippen molar-refractivity contribution in [2.75, 3.05) is 37.7 Å². The summed E-state index contributed by atoms with van der Waals surface area (Å²) in [5, 5.41) is 3.79. The van der Waals surface area contributed by atoms with Crippen LogP contribution in [0.25, 0.3) is 11.0 Å². The molecule has 1 amide bonds. The molecule has 1 aliphatic heterocycles. The van der Waals surface area contributed by atoms with E-state index in [4.69, 9.17) is 21.1 Å². The van der Waals surface area contributed by atoms with Crippen LogP contribution in [-0.2, 0) is 11.2 Å². The van der Waals surface area contributed by atoms with Crippen molar-refractivity contribution in [2.24, 2.45) is 5.92 Å². The highest BCUT2D eigenvalue weighted by Gasteiger charge is 2.27. The zero-order chi connectivity index (χ0) is 23.2. The number of H-pyrrole nitrogens is 1. The maximum atomic E-state index is 12.9. The van der Waals surface area contributed by atoms with Crippen molar-refractivity contribution in [1.29, 1.82) is 0 Å². The molecule has 1 saturated heterocycles. The minimum atomic E-state index is -0.0603. The van der Waals surface area contributed by atoms with Gasteiger partial charge in [-0.15, -0.1) is 0 Å². The van der Waals surface area contributed by atoms with E-state index in [-0.39, 0.29) is 11.8 Å². The molecular weight excluding hydrogens is 440 g/mol. The monoisotopic (exact) mass is 470 g/mol. The van der Waals surface area contributed by atoms with Gasteiger partial charge in [-0.1, -0.05) is 17.7 Å². The van der Waals surface area contributed by atoms with E-state index in [0.29, 0.717) is 31.3 Å². The van der Waals surface area contributed by atoms with Gasteiger partial charge in [-0.05, 0) is 69.0 Å². The predicted octanol–water partition coefficient (Wildman–Crippen LogP) is 4.59.